The van der Waals surface area contributed by atoms with E-state index in [0.29, 0.717) is 12.2 Å². The average molecular weight is 447 g/mol. The van der Waals surface area contributed by atoms with E-state index in [0.717, 1.165) is 18.9 Å². The third-order valence-corrected chi connectivity index (χ3v) is 3.35. The van der Waals surface area contributed by atoms with Crippen LogP contribution in [-0.2, 0) is 23.9 Å². The highest BCUT2D eigenvalue weighted by Crippen LogP contribution is 2.03. The number of carboxylic acids is 1. The summed E-state index contributed by atoms with van der Waals surface area (Å²) in [4.78, 5) is 31.8. The molecule has 0 unspecified atom stereocenters. The van der Waals surface area contributed by atoms with Crippen LogP contribution in [0.3, 0.4) is 0 Å². The second kappa shape index (κ2) is 20.8. The van der Waals surface area contributed by atoms with Crippen LogP contribution in [-0.4, -0.2) is 47.9 Å². The summed E-state index contributed by atoms with van der Waals surface area (Å²) in [5.41, 5.74) is 1.79. The van der Waals surface area contributed by atoms with Crippen LogP contribution in [0.1, 0.15) is 38.7 Å². The van der Waals surface area contributed by atoms with Gasteiger partial charge in [-0.25, -0.2) is 14.4 Å². The lowest BCUT2D eigenvalue weighted by molar-refractivity contribution is -0.140. The molecule has 1 aromatic rings. The number of ether oxygens (including phenoxy) is 2. The molecule has 0 aliphatic rings. The molecule has 0 aliphatic heterocycles. The fourth-order valence-corrected chi connectivity index (χ4v) is 1.65. The first-order valence-corrected chi connectivity index (χ1v) is 10.0. The van der Waals surface area contributed by atoms with Crippen LogP contribution >= 0.6 is 0 Å². The van der Waals surface area contributed by atoms with E-state index in [1.165, 1.54) is 11.6 Å². The smallest absolute Gasteiger partial charge is 0.333 e. The Bertz CT molecular complexity index is 749. The van der Waals surface area contributed by atoms with Crippen molar-refractivity contribution >= 4 is 24.0 Å². The van der Waals surface area contributed by atoms with Gasteiger partial charge in [-0.2, -0.15) is 0 Å². The number of allylic oxidation sites excluding steroid dienone is 1. The molecule has 0 radical (unpaired) electrons. The number of hydrogen-bond donors (Lipinski definition) is 2. The number of carbonyl (C=O) groups excluding carboxylic acids is 2. The zero-order valence-corrected chi connectivity index (χ0v) is 18.9. The maximum atomic E-state index is 11.2. The largest absolute Gasteiger partial charge is 0.478 e. The predicted molar refractivity (Wildman–Crippen MR) is 126 cm³/mol. The zero-order valence-electron chi connectivity index (χ0n) is 18.9. The van der Waals surface area contributed by atoms with Crippen molar-refractivity contribution in [1.29, 1.82) is 0 Å². The van der Waals surface area contributed by atoms with E-state index >= 15 is 0 Å². The second-order valence-corrected chi connectivity index (χ2v) is 6.29. The Morgan fingerprint density at radius 1 is 1.03 bits per heavy atom. The Labute approximate surface area is 190 Å². The van der Waals surface area contributed by atoms with Crippen molar-refractivity contribution in [2.24, 2.45) is 0 Å². The van der Waals surface area contributed by atoms with Crippen LogP contribution in [0.15, 0.2) is 73.4 Å². The maximum absolute atomic E-state index is 11.2. The van der Waals surface area contributed by atoms with Gasteiger partial charge in [0.25, 0.3) is 0 Å². The van der Waals surface area contributed by atoms with Crippen molar-refractivity contribution in [2.45, 2.75) is 33.1 Å². The molecular weight excluding hydrogens is 412 g/mol. The Morgan fingerprint density at radius 3 is 2.06 bits per heavy atom. The van der Waals surface area contributed by atoms with Gasteiger partial charge >= 0.3 is 17.9 Å². The monoisotopic (exact) mass is 446 g/mol. The van der Waals surface area contributed by atoms with E-state index in [1.54, 1.807) is 6.92 Å². The highest BCUT2D eigenvalue weighted by atomic mass is 16.5. The van der Waals surface area contributed by atoms with Crippen molar-refractivity contribution in [3.8, 4) is 0 Å². The number of carbonyl (C=O) groups is 3. The lowest BCUT2D eigenvalue weighted by Crippen LogP contribution is -2.08. The molecule has 7 heteroatoms. The standard InChI is InChI=1S/C11H16O4.C8H8.C6H10O3/c1-3-4-8-15-11(14)9(2)6-5-7-10(12)13;1-2-8-6-4-3-5-7-8;1-5(2)6(8)9-4-3-7/h5,7H,2-4,6,8H2,1H3,(H,12,13);2-7H,1H2;7H,1,3-4H2,2H3. The third-order valence-electron chi connectivity index (χ3n) is 3.35. The summed E-state index contributed by atoms with van der Waals surface area (Å²) in [6.45, 7) is 14.3. The summed E-state index contributed by atoms with van der Waals surface area (Å²) in [5, 5.41) is 16.5. The zero-order chi connectivity index (χ0) is 24.8. The highest BCUT2D eigenvalue weighted by molar-refractivity contribution is 5.88. The summed E-state index contributed by atoms with van der Waals surface area (Å²) >= 11 is 0. The molecule has 0 amide bonds. The van der Waals surface area contributed by atoms with Gasteiger partial charge in [0.2, 0.25) is 0 Å². The molecule has 0 spiro atoms. The summed E-state index contributed by atoms with van der Waals surface area (Å²) < 4.78 is 9.35. The fraction of sp³-hybridized carbons (Fsp3) is 0.320. The van der Waals surface area contributed by atoms with Gasteiger partial charge < -0.3 is 19.7 Å². The van der Waals surface area contributed by atoms with Gasteiger partial charge in [-0.15, -0.1) is 0 Å². The molecule has 7 nitrogen and oxygen atoms in total. The van der Waals surface area contributed by atoms with E-state index in [-0.39, 0.29) is 25.2 Å². The fourth-order valence-electron chi connectivity index (χ4n) is 1.65. The van der Waals surface area contributed by atoms with E-state index in [4.69, 9.17) is 14.9 Å². The van der Waals surface area contributed by atoms with Crippen LogP contribution in [0.5, 0.6) is 0 Å². The predicted octanol–water partition coefficient (Wildman–Crippen LogP) is 4.34. The molecule has 32 heavy (non-hydrogen) atoms. The van der Waals surface area contributed by atoms with E-state index in [2.05, 4.69) is 24.5 Å². The Kier molecular flexibility index (Phi) is 20.0. The number of aliphatic hydroxyl groups is 1. The van der Waals surface area contributed by atoms with Crippen molar-refractivity contribution in [3.05, 3.63) is 78.9 Å². The molecule has 1 aromatic carbocycles. The topological polar surface area (TPSA) is 110 Å². The number of hydrogen-bond acceptors (Lipinski definition) is 6. The Morgan fingerprint density at radius 2 is 1.62 bits per heavy atom. The summed E-state index contributed by atoms with van der Waals surface area (Å²) in [6, 6.07) is 10.0. The molecule has 0 atom stereocenters. The van der Waals surface area contributed by atoms with Gasteiger partial charge in [-0.1, -0.05) is 75.6 Å². The number of aliphatic hydroxyl groups excluding tert-OH is 1. The Hall–Kier alpha value is -3.45. The second-order valence-electron chi connectivity index (χ2n) is 6.29. The van der Waals surface area contributed by atoms with Gasteiger partial charge in [-0.05, 0) is 25.3 Å². The average Bonchev–Trinajstić information content (AvgIpc) is 2.78. The number of aliphatic carboxylic acids is 1. The molecule has 2 N–H and O–H groups in total. The number of esters is 2. The van der Waals surface area contributed by atoms with Crippen LogP contribution in [0.2, 0.25) is 0 Å². The van der Waals surface area contributed by atoms with E-state index < -0.39 is 17.9 Å². The molecule has 0 aromatic heterocycles. The van der Waals surface area contributed by atoms with Crippen molar-refractivity contribution in [2.75, 3.05) is 19.8 Å². The van der Waals surface area contributed by atoms with E-state index in [9.17, 15) is 14.4 Å². The van der Waals surface area contributed by atoms with Crippen LogP contribution in [0, 0.1) is 0 Å². The Balaban J connectivity index is 0. The molecule has 0 aliphatic carbocycles. The molecule has 0 fully saturated rings. The van der Waals surface area contributed by atoms with Crippen LogP contribution < -0.4 is 0 Å². The molecular formula is C25H34O7. The number of rotatable bonds is 11. The van der Waals surface area contributed by atoms with Gasteiger partial charge in [0.1, 0.15) is 6.61 Å². The number of unbranched alkanes of at least 4 members (excludes halogenated alkanes) is 1. The lowest BCUT2D eigenvalue weighted by atomic mass is 10.2. The van der Waals surface area contributed by atoms with E-state index in [1.807, 2.05) is 43.3 Å². The van der Waals surface area contributed by atoms with Gasteiger partial charge in [-0.3, -0.25) is 0 Å². The molecule has 0 saturated heterocycles. The first kappa shape index (κ1) is 30.7. The first-order chi connectivity index (χ1) is 15.2. The minimum Gasteiger partial charge on any atom is -0.478 e. The van der Waals surface area contributed by atoms with Crippen LogP contribution in [0.4, 0.5) is 0 Å². The van der Waals surface area contributed by atoms with Gasteiger partial charge in [0.05, 0.1) is 13.2 Å². The first-order valence-electron chi connectivity index (χ1n) is 10.0. The SMILES string of the molecule is C=C(C)C(=O)OCCO.C=C(CC=CC(=O)O)C(=O)OCCCC.C=Cc1ccccc1. The number of benzene rings is 1. The number of carboxylic acid groups (broad SMARTS) is 1. The molecule has 0 saturated carbocycles. The molecule has 1 rings (SSSR count). The highest BCUT2D eigenvalue weighted by Gasteiger charge is 2.06. The van der Waals surface area contributed by atoms with Gasteiger partial charge in [0.15, 0.2) is 0 Å². The lowest BCUT2D eigenvalue weighted by Gasteiger charge is -2.03. The minimum absolute atomic E-state index is 0.0473. The molecule has 0 bridgehead atoms. The third kappa shape index (κ3) is 19.8. The normalized spacial score (nSPS) is 9.34. The van der Waals surface area contributed by atoms with Crippen molar-refractivity contribution in [1.82, 2.24) is 0 Å². The summed E-state index contributed by atoms with van der Waals surface area (Å²) in [6.07, 6.45) is 6.16. The quantitative estimate of drug-likeness (QED) is 0.295. The molecule has 176 valence electrons. The molecule has 0 heterocycles. The van der Waals surface area contributed by atoms with Crippen molar-refractivity contribution in [3.63, 3.8) is 0 Å². The summed E-state index contributed by atoms with van der Waals surface area (Å²) in [7, 11) is 0. The summed E-state index contributed by atoms with van der Waals surface area (Å²) in [5.74, 6) is -1.95. The maximum Gasteiger partial charge on any atom is 0.333 e. The van der Waals surface area contributed by atoms with Crippen LogP contribution in [0.25, 0.3) is 6.08 Å². The van der Waals surface area contributed by atoms with Crippen molar-refractivity contribution < 1.29 is 34.1 Å². The minimum atomic E-state index is -1.04. The van der Waals surface area contributed by atoms with Gasteiger partial charge in [0, 0.05) is 17.2 Å².